The van der Waals surface area contributed by atoms with Gasteiger partial charge in [0.05, 0.1) is 30.3 Å². The van der Waals surface area contributed by atoms with Gasteiger partial charge in [-0.15, -0.1) is 0 Å². The first-order valence-electron chi connectivity index (χ1n) is 10.0. The van der Waals surface area contributed by atoms with Crippen molar-refractivity contribution >= 4 is 16.9 Å². The highest BCUT2D eigenvalue weighted by molar-refractivity contribution is 5.90. The van der Waals surface area contributed by atoms with E-state index < -0.39 is 0 Å². The SMILES string of the molecule is Cn1cc(-c2cnc3[nH]nc(N[C@H]4CCC[C@@H]4OCc4ccccc4)c3c2)cn1. The number of pyridine rings is 1. The molecule has 5 rings (SSSR count). The Morgan fingerprint density at radius 2 is 2.07 bits per heavy atom. The van der Waals surface area contributed by atoms with E-state index in [1.165, 1.54) is 5.56 Å². The molecule has 1 aliphatic rings. The highest BCUT2D eigenvalue weighted by atomic mass is 16.5. The van der Waals surface area contributed by atoms with Crippen molar-refractivity contribution in [3.63, 3.8) is 0 Å². The summed E-state index contributed by atoms with van der Waals surface area (Å²) >= 11 is 0. The molecule has 0 amide bonds. The number of rotatable bonds is 6. The van der Waals surface area contributed by atoms with E-state index in [-0.39, 0.29) is 12.1 Å². The van der Waals surface area contributed by atoms with E-state index >= 15 is 0 Å². The second-order valence-corrected chi connectivity index (χ2v) is 7.61. The molecule has 148 valence electrons. The summed E-state index contributed by atoms with van der Waals surface area (Å²) in [5.41, 5.74) is 4.05. The minimum absolute atomic E-state index is 0.177. The summed E-state index contributed by atoms with van der Waals surface area (Å²) in [4.78, 5) is 4.53. The van der Waals surface area contributed by atoms with E-state index in [9.17, 15) is 0 Å². The standard InChI is InChI=1S/C22H24N6O/c1-28-13-17(12-24-28)16-10-18-21(23-11-16)26-27-22(18)25-19-8-5-9-20(19)29-14-15-6-3-2-4-7-15/h2-4,6-7,10-13,19-20H,5,8-9,14H2,1H3,(H2,23,25,26,27)/t19-,20-/m0/s1. The third-order valence-corrected chi connectivity index (χ3v) is 5.54. The molecule has 2 atom stereocenters. The minimum atomic E-state index is 0.177. The van der Waals surface area contributed by atoms with Crippen molar-refractivity contribution in [2.75, 3.05) is 5.32 Å². The molecule has 0 spiro atoms. The molecule has 1 fully saturated rings. The van der Waals surface area contributed by atoms with Crippen LogP contribution >= 0.6 is 0 Å². The average Bonchev–Trinajstić information content (AvgIpc) is 3.48. The quantitative estimate of drug-likeness (QED) is 0.523. The molecule has 7 heteroatoms. The van der Waals surface area contributed by atoms with Gasteiger partial charge in [0.25, 0.3) is 0 Å². The van der Waals surface area contributed by atoms with Crippen LogP contribution in [0, 0.1) is 0 Å². The number of hydrogen-bond acceptors (Lipinski definition) is 5. The van der Waals surface area contributed by atoms with Crippen LogP contribution in [0.3, 0.4) is 0 Å². The monoisotopic (exact) mass is 388 g/mol. The molecule has 0 radical (unpaired) electrons. The van der Waals surface area contributed by atoms with E-state index in [2.05, 4.69) is 43.8 Å². The summed E-state index contributed by atoms with van der Waals surface area (Å²) in [5.74, 6) is 0.832. The molecule has 1 aliphatic carbocycles. The molecule has 0 saturated heterocycles. The van der Waals surface area contributed by atoms with Crippen LogP contribution in [0.2, 0.25) is 0 Å². The summed E-state index contributed by atoms with van der Waals surface area (Å²) < 4.78 is 8.02. The van der Waals surface area contributed by atoms with Gasteiger partial charge in [-0.1, -0.05) is 30.3 Å². The Hall–Kier alpha value is -3.19. The predicted molar refractivity (Wildman–Crippen MR) is 112 cm³/mol. The maximum absolute atomic E-state index is 6.23. The summed E-state index contributed by atoms with van der Waals surface area (Å²) in [6.07, 6.45) is 9.15. The topological polar surface area (TPSA) is 80.7 Å². The van der Waals surface area contributed by atoms with Crippen molar-refractivity contribution in [3.05, 3.63) is 60.6 Å². The van der Waals surface area contributed by atoms with Crippen molar-refractivity contribution < 1.29 is 4.74 Å². The molecule has 7 nitrogen and oxygen atoms in total. The lowest BCUT2D eigenvalue weighted by atomic mass is 10.1. The molecule has 1 saturated carbocycles. The van der Waals surface area contributed by atoms with Crippen molar-refractivity contribution in [3.8, 4) is 11.1 Å². The highest BCUT2D eigenvalue weighted by Gasteiger charge is 2.29. The molecule has 3 aromatic heterocycles. The Bertz CT molecular complexity index is 1100. The van der Waals surface area contributed by atoms with E-state index in [1.807, 2.05) is 43.8 Å². The zero-order valence-electron chi connectivity index (χ0n) is 16.4. The zero-order chi connectivity index (χ0) is 19.6. The number of anilines is 1. The molecule has 0 bridgehead atoms. The molecule has 4 aromatic rings. The van der Waals surface area contributed by atoms with Gasteiger partial charge in [-0.25, -0.2) is 4.98 Å². The lowest BCUT2D eigenvalue weighted by Crippen LogP contribution is -2.30. The van der Waals surface area contributed by atoms with Crippen molar-refractivity contribution in [1.82, 2.24) is 25.0 Å². The van der Waals surface area contributed by atoms with Gasteiger partial charge in [0, 0.05) is 30.6 Å². The Morgan fingerprint density at radius 3 is 2.90 bits per heavy atom. The van der Waals surface area contributed by atoms with E-state index in [0.29, 0.717) is 6.61 Å². The molecular formula is C22H24N6O. The number of ether oxygens (including phenoxy) is 1. The van der Waals surface area contributed by atoms with Crippen molar-refractivity contribution in [2.45, 2.75) is 38.0 Å². The number of benzene rings is 1. The minimum Gasteiger partial charge on any atom is -0.371 e. The fourth-order valence-corrected chi connectivity index (χ4v) is 3.99. The number of aromatic nitrogens is 5. The number of nitrogens with one attached hydrogen (secondary N) is 2. The smallest absolute Gasteiger partial charge is 0.157 e. The van der Waals surface area contributed by atoms with Gasteiger partial charge in [-0.3, -0.25) is 9.78 Å². The number of H-pyrrole nitrogens is 1. The van der Waals surface area contributed by atoms with Gasteiger partial charge in [0.2, 0.25) is 0 Å². The van der Waals surface area contributed by atoms with Crippen LogP contribution in [0.5, 0.6) is 0 Å². The maximum atomic E-state index is 6.23. The van der Waals surface area contributed by atoms with Crippen LogP contribution in [-0.2, 0) is 18.4 Å². The van der Waals surface area contributed by atoms with Gasteiger partial charge in [-0.2, -0.15) is 10.2 Å². The van der Waals surface area contributed by atoms with Gasteiger partial charge >= 0.3 is 0 Å². The Kier molecular flexibility index (Phi) is 4.73. The summed E-state index contributed by atoms with van der Waals surface area (Å²) in [5, 5.41) is 16.4. The first-order chi connectivity index (χ1) is 14.3. The lowest BCUT2D eigenvalue weighted by molar-refractivity contribution is 0.0394. The molecule has 2 N–H and O–H groups in total. The number of aromatic amines is 1. The Balaban J connectivity index is 1.33. The fourth-order valence-electron chi connectivity index (χ4n) is 3.99. The summed E-state index contributed by atoms with van der Waals surface area (Å²) in [6, 6.07) is 12.7. The lowest BCUT2D eigenvalue weighted by Gasteiger charge is -2.21. The Labute approximate surface area is 169 Å². The van der Waals surface area contributed by atoms with E-state index in [1.54, 1.807) is 4.68 Å². The second kappa shape index (κ2) is 7.67. The van der Waals surface area contributed by atoms with Crippen LogP contribution in [0.15, 0.2) is 55.0 Å². The van der Waals surface area contributed by atoms with Crippen LogP contribution in [0.1, 0.15) is 24.8 Å². The van der Waals surface area contributed by atoms with E-state index in [0.717, 1.165) is 47.2 Å². The van der Waals surface area contributed by atoms with Crippen LogP contribution in [0.25, 0.3) is 22.2 Å². The molecule has 0 unspecified atom stereocenters. The molecule has 29 heavy (non-hydrogen) atoms. The summed E-state index contributed by atoms with van der Waals surface area (Å²) in [7, 11) is 1.91. The largest absolute Gasteiger partial charge is 0.371 e. The normalized spacial score (nSPS) is 19.1. The van der Waals surface area contributed by atoms with Crippen molar-refractivity contribution in [2.24, 2.45) is 7.05 Å². The second-order valence-electron chi connectivity index (χ2n) is 7.61. The molecule has 0 aliphatic heterocycles. The number of nitrogens with zero attached hydrogens (tertiary/aromatic N) is 4. The predicted octanol–water partition coefficient (Wildman–Crippen LogP) is 3.91. The highest BCUT2D eigenvalue weighted by Crippen LogP contribution is 2.30. The first kappa shape index (κ1) is 17.9. The van der Waals surface area contributed by atoms with Crippen molar-refractivity contribution in [1.29, 1.82) is 0 Å². The van der Waals surface area contributed by atoms with Crippen LogP contribution < -0.4 is 5.32 Å². The summed E-state index contributed by atoms with van der Waals surface area (Å²) in [6.45, 7) is 0.637. The third kappa shape index (κ3) is 3.73. The number of fused-ring (bicyclic) bond motifs is 1. The first-order valence-corrected chi connectivity index (χ1v) is 10.0. The van der Waals surface area contributed by atoms with Gasteiger partial charge in [-0.05, 0) is 30.9 Å². The molecule has 3 heterocycles. The molecule has 1 aromatic carbocycles. The van der Waals surface area contributed by atoms with Gasteiger partial charge in [0.15, 0.2) is 11.5 Å². The van der Waals surface area contributed by atoms with Gasteiger partial charge in [0.1, 0.15) is 0 Å². The van der Waals surface area contributed by atoms with Crippen LogP contribution in [-0.4, -0.2) is 37.1 Å². The average molecular weight is 388 g/mol. The van der Waals surface area contributed by atoms with E-state index in [4.69, 9.17) is 4.74 Å². The zero-order valence-corrected chi connectivity index (χ0v) is 16.4. The maximum Gasteiger partial charge on any atom is 0.157 e. The number of hydrogen-bond donors (Lipinski definition) is 2. The van der Waals surface area contributed by atoms with Gasteiger partial charge < -0.3 is 10.1 Å². The molecular weight excluding hydrogens is 364 g/mol. The Morgan fingerprint density at radius 1 is 1.17 bits per heavy atom. The third-order valence-electron chi connectivity index (χ3n) is 5.54. The number of aryl methyl sites for hydroxylation is 1. The van der Waals surface area contributed by atoms with Crippen LogP contribution in [0.4, 0.5) is 5.82 Å². The fraction of sp³-hybridized carbons (Fsp3) is 0.318.